The van der Waals surface area contributed by atoms with Crippen molar-refractivity contribution in [3.8, 4) is 11.1 Å². The van der Waals surface area contributed by atoms with Crippen molar-refractivity contribution < 1.29 is 8.78 Å². The fraction of sp³-hybridized carbons (Fsp3) is 0.429. The van der Waals surface area contributed by atoms with Crippen LogP contribution in [-0.2, 0) is 0 Å². The first kappa shape index (κ1) is 17.5. The maximum atomic E-state index is 12.4. The molecule has 2 aromatic carbocycles. The Morgan fingerprint density at radius 3 is 1.92 bits per heavy atom. The van der Waals surface area contributed by atoms with Gasteiger partial charge in [0.1, 0.15) is 0 Å². The molecule has 0 nitrogen and oxygen atoms in total. The number of thioether (sulfide) groups is 1. The van der Waals surface area contributed by atoms with E-state index in [1.165, 1.54) is 37.7 Å². The Balaban J connectivity index is 1.66. The third-order valence-electron chi connectivity index (χ3n) is 5.22. The third-order valence-corrected chi connectivity index (χ3v) is 5.94. The first-order valence-corrected chi connectivity index (χ1v) is 9.69. The van der Waals surface area contributed by atoms with E-state index in [0.717, 1.165) is 17.0 Å². The Hall–Kier alpha value is -1.35. The first-order chi connectivity index (χ1) is 11.7. The molecular formula is C21H24F2S. The second kappa shape index (κ2) is 8.15. The average molecular weight is 346 g/mol. The van der Waals surface area contributed by atoms with Crippen LogP contribution in [-0.4, -0.2) is 5.76 Å². The molecule has 2 aromatic rings. The Morgan fingerprint density at radius 2 is 1.42 bits per heavy atom. The molecule has 3 rings (SSSR count). The van der Waals surface area contributed by atoms with Crippen LogP contribution in [0.3, 0.4) is 0 Å². The van der Waals surface area contributed by atoms with E-state index in [1.807, 2.05) is 12.1 Å². The molecule has 0 atom stereocenters. The van der Waals surface area contributed by atoms with Gasteiger partial charge in [0.25, 0.3) is 5.76 Å². The van der Waals surface area contributed by atoms with Crippen LogP contribution in [0.4, 0.5) is 8.78 Å². The van der Waals surface area contributed by atoms with Gasteiger partial charge in [-0.3, -0.25) is 0 Å². The van der Waals surface area contributed by atoms with Crippen LogP contribution in [0.5, 0.6) is 0 Å². The highest BCUT2D eigenvalue weighted by atomic mass is 32.2. The highest BCUT2D eigenvalue weighted by Gasteiger charge is 2.21. The van der Waals surface area contributed by atoms with Crippen LogP contribution in [0.1, 0.15) is 50.5 Å². The zero-order chi connectivity index (χ0) is 16.9. The largest absolute Gasteiger partial charge is 0.288 e. The lowest BCUT2D eigenvalue weighted by Gasteiger charge is -2.28. The van der Waals surface area contributed by atoms with Crippen molar-refractivity contribution in [1.29, 1.82) is 0 Å². The summed E-state index contributed by atoms with van der Waals surface area (Å²) < 4.78 is 24.8. The van der Waals surface area contributed by atoms with Crippen molar-refractivity contribution in [3.63, 3.8) is 0 Å². The number of alkyl halides is 2. The summed E-state index contributed by atoms with van der Waals surface area (Å²) in [5.74, 6) is -0.741. The summed E-state index contributed by atoms with van der Waals surface area (Å²) in [4.78, 5) is 0.609. The highest BCUT2D eigenvalue weighted by Crippen LogP contribution is 2.37. The topological polar surface area (TPSA) is 0 Å². The lowest BCUT2D eigenvalue weighted by atomic mass is 9.77. The molecule has 0 saturated heterocycles. The molecule has 0 N–H and O–H groups in total. The van der Waals surface area contributed by atoms with Gasteiger partial charge in [-0.2, -0.15) is 8.78 Å². The molecule has 0 bridgehead atoms. The van der Waals surface area contributed by atoms with Crippen molar-refractivity contribution in [2.24, 2.45) is 5.92 Å². The predicted octanol–water partition coefficient (Wildman–Crippen LogP) is 7.35. The summed E-state index contributed by atoms with van der Waals surface area (Å²) in [7, 11) is 0. The van der Waals surface area contributed by atoms with Gasteiger partial charge < -0.3 is 0 Å². The monoisotopic (exact) mass is 346 g/mol. The Labute approximate surface area is 147 Å². The van der Waals surface area contributed by atoms with Gasteiger partial charge in [-0.1, -0.05) is 61.5 Å². The highest BCUT2D eigenvalue weighted by molar-refractivity contribution is 7.99. The summed E-state index contributed by atoms with van der Waals surface area (Å²) in [5.41, 5.74) is 3.67. The van der Waals surface area contributed by atoms with E-state index < -0.39 is 5.76 Å². The van der Waals surface area contributed by atoms with E-state index in [-0.39, 0.29) is 0 Å². The lowest BCUT2D eigenvalue weighted by molar-refractivity contribution is 0.252. The number of hydrogen-bond acceptors (Lipinski definition) is 1. The third kappa shape index (κ3) is 4.38. The van der Waals surface area contributed by atoms with E-state index in [2.05, 4.69) is 31.2 Å². The van der Waals surface area contributed by atoms with Crippen LogP contribution in [0.25, 0.3) is 11.1 Å². The van der Waals surface area contributed by atoms with Crippen LogP contribution >= 0.6 is 11.8 Å². The van der Waals surface area contributed by atoms with E-state index in [0.29, 0.717) is 22.6 Å². The molecule has 0 amide bonds. The maximum Gasteiger partial charge on any atom is 0.288 e. The fourth-order valence-electron chi connectivity index (χ4n) is 3.68. The molecule has 0 heterocycles. The van der Waals surface area contributed by atoms with Gasteiger partial charge in [-0.15, -0.1) is 0 Å². The lowest BCUT2D eigenvalue weighted by Crippen LogP contribution is -2.12. The summed E-state index contributed by atoms with van der Waals surface area (Å²) in [5, 5.41) is 0. The van der Waals surface area contributed by atoms with E-state index >= 15 is 0 Å². The second-order valence-electron chi connectivity index (χ2n) is 6.65. The van der Waals surface area contributed by atoms with Crippen LogP contribution in [0, 0.1) is 5.92 Å². The van der Waals surface area contributed by atoms with E-state index in [9.17, 15) is 8.78 Å². The molecule has 0 spiro atoms. The van der Waals surface area contributed by atoms with Gasteiger partial charge >= 0.3 is 0 Å². The summed E-state index contributed by atoms with van der Waals surface area (Å²) in [6.45, 7) is 2.30. The fourth-order valence-corrected chi connectivity index (χ4v) is 4.18. The normalized spacial score (nSPS) is 21.2. The Kier molecular flexibility index (Phi) is 5.94. The molecule has 1 fully saturated rings. The molecule has 0 radical (unpaired) electrons. The maximum absolute atomic E-state index is 12.4. The van der Waals surface area contributed by atoms with E-state index in [1.54, 1.807) is 12.1 Å². The van der Waals surface area contributed by atoms with Crippen molar-refractivity contribution >= 4 is 11.8 Å². The predicted molar refractivity (Wildman–Crippen MR) is 98.7 cm³/mol. The van der Waals surface area contributed by atoms with Crippen molar-refractivity contribution in [2.75, 3.05) is 0 Å². The summed E-state index contributed by atoms with van der Waals surface area (Å²) in [6, 6.07) is 16.2. The summed E-state index contributed by atoms with van der Waals surface area (Å²) in [6.07, 6.45) is 6.62. The number of halogens is 2. The Bertz CT molecular complexity index is 626. The smallest absolute Gasteiger partial charge is 0.198 e. The number of hydrogen-bond donors (Lipinski definition) is 0. The molecule has 1 saturated carbocycles. The van der Waals surface area contributed by atoms with Gasteiger partial charge in [-0.05, 0) is 66.3 Å². The molecule has 128 valence electrons. The van der Waals surface area contributed by atoms with Crippen molar-refractivity contribution in [2.45, 2.75) is 55.6 Å². The average Bonchev–Trinajstić information content (AvgIpc) is 2.62. The quantitative estimate of drug-likeness (QED) is 0.510. The van der Waals surface area contributed by atoms with Gasteiger partial charge in [0.15, 0.2) is 0 Å². The van der Waals surface area contributed by atoms with Crippen LogP contribution < -0.4 is 0 Å². The Morgan fingerprint density at radius 1 is 0.875 bits per heavy atom. The van der Waals surface area contributed by atoms with E-state index in [4.69, 9.17) is 0 Å². The SMILES string of the molecule is CCC1CCC(c2ccc(-c3ccc(SC(F)F)cc3)cc2)CC1. The molecule has 3 heteroatoms. The van der Waals surface area contributed by atoms with Crippen molar-refractivity contribution in [3.05, 3.63) is 54.1 Å². The molecule has 1 aliphatic rings. The molecular weight excluding hydrogens is 322 g/mol. The zero-order valence-electron chi connectivity index (χ0n) is 14.1. The molecule has 1 aliphatic carbocycles. The van der Waals surface area contributed by atoms with Gasteiger partial charge in [0.2, 0.25) is 0 Å². The molecule has 24 heavy (non-hydrogen) atoms. The van der Waals surface area contributed by atoms with Gasteiger partial charge in [0.05, 0.1) is 0 Å². The van der Waals surface area contributed by atoms with Crippen molar-refractivity contribution in [1.82, 2.24) is 0 Å². The summed E-state index contributed by atoms with van der Waals surface area (Å²) >= 11 is 0.592. The number of rotatable bonds is 5. The molecule has 0 aromatic heterocycles. The second-order valence-corrected chi connectivity index (χ2v) is 7.71. The molecule has 0 unspecified atom stereocenters. The van der Waals surface area contributed by atoms with Crippen LogP contribution in [0.15, 0.2) is 53.4 Å². The van der Waals surface area contributed by atoms with Crippen LogP contribution in [0.2, 0.25) is 0 Å². The minimum absolute atomic E-state index is 0.592. The minimum atomic E-state index is -2.36. The zero-order valence-corrected chi connectivity index (χ0v) is 14.9. The minimum Gasteiger partial charge on any atom is -0.198 e. The number of benzene rings is 2. The molecule has 0 aliphatic heterocycles. The standard InChI is InChI=1S/C21H24F2S/c1-2-15-3-5-16(6-4-15)17-7-9-18(10-8-17)19-11-13-20(14-12-19)24-21(22)23/h7-16,21H,2-6H2,1H3. The first-order valence-electron chi connectivity index (χ1n) is 8.81. The van der Waals surface area contributed by atoms with Gasteiger partial charge in [0, 0.05) is 4.90 Å². The van der Waals surface area contributed by atoms with Gasteiger partial charge in [-0.25, -0.2) is 0 Å².